The van der Waals surface area contributed by atoms with Gasteiger partial charge in [-0.1, -0.05) is 23.8 Å². The lowest BCUT2D eigenvalue weighted by atomic mass is 9.95. The molecule has 0 amide bonds. The minimum Gasteiger partial charge on any atom is -0.360 e. The molecule has 0 bridgehead atoms. The van der Waals surface area contributed by atoms with E-state index in [1.165, 1.54) is 12.3 Å². The molecule has 0 unspecified atom stereocenters. The van der Waals surface area contributed by atoms with Gasteiger partial charge < -0.3 is 10.7 Å². The van der Waals surface area contributed by atoms with Gasteiger partial charge in [-0.25, -0.2) is 0 Å². The molecule has 2 rings (SSSR count). The number of aromatic amines is 1. The molecule has 0 aliphatic rings. The molecule has 0 fully saturated rings. The normalized spacial score (nSPS) is 11.5. The van der Waals surface area contributed by atoms with Crippen LogP contribution in [0.4, 0.5) is 13.2 Å². The van der Waals surface area contributed by atoms with Gasteiger partial charge in [0.15, 0.2) is 6.29 Å². The molecule has 0 spiro atoms. The maximum absolute atomic E-state index is 13.1. The van der Waals surface area contributed by atoms with Crippen LogP contribution in [0.25, 0.3) is 11.3 Å². The number of halogens is 4. The van der Waals surface area contributed by atoms with Crippen LogP contribution in [-0.4, -0.2) is 11.3 Å². The van der Waals surface area contributed by atoms with Crippen LogP contribution in [-0.2, 0) is 12.7 Å². The van der Waals surface area contributed by atoms with Crippen molar-refractivity contribution in [1.29, 1.82) is 0 Å². The first-order valence-corrected chi connectivity index (χ1v) is 6.85. The summed E-state index contributed by atoms with van der Waals surface area (Å²) in [7, 11) is 0. The van der Waals surface area contributed by atoms with E-state index in [4.69, 9.17) is 29.6 Å². The largest absolute Gasteiger partial charge is 0.416 e. The van der Waals surface area contributed by atoms with E-state index >= 15 is 0 Å². The van der Waals surface area contributed by atoms with Gasteiger partial charge in [-0.3, -0.25) is 4.79 Å². The highest BCUT2D eigenvalue weighted by atomic mass is 35.5. The van der Waals surface area contributed by atoms with Crippen molar-refractivity contribution in [3.8, 4) is 11.3 Å². The van der Waals surface area contributed by atoms with Gasteiger partial charge in [0.1, 0.15) is 0 Å². The van der Waals surface area contributed by atoms with Crippen LogP contribution in [0.1, 0.15) is 21.5 Å². The van der Waals surface area contributed by atoms with E-state index in [0.29, 0.717) is 6.29 Å². The van der Waals surface area contributed by atoms with Crippen molar-refractivity contribution >= 4 is 30.1 Å². The Bertz CT molecular complexity index is 787. The highest BCUT2D eigenvalue weighted by Gasteiger charge is 2.35. The third kappa shape index (κ3) is 2.92. The molecule has 8 heteroatoms. The monoisotopic (exact) mass is 346 g/mol. The molecule has 0 aliphatic carbocycles. The average molecular weight is 347 g/mol. The summed E-state index contributed by atoms with van der Waals surface area (Å²) < 4.78 is 39.6. The van der Waals surface area contributed by atoms with Gasteiger partial charge in [0.25, 0.3) is 0 Å². The van der Waals surface area contributed by atoms with Crippen LogP contribution in [0.2, 0.25) is 5.02 Å². The Hall–Kier alpha value is -1.70. The lowest BCUT2D eigenvalue weighted by molar-refractivity contribution is -0.138. The molecular formula is C14H10ClF3N2OS. The van der Waals surface area contributed by atoms with Crippen LogP contribution in [0.15, 0.2) is 24.4 Å². The van der Waals surface area contributed by atoms with Crippen molar-refractivity contribution in [3.05, 3.63) is 50.6 Å². The second-order valence-electron chi connectivity index (χ2n) is 4.40. The fourth-order valence-electron chi connectivity index (χ4n) is 2.18. The standard InChI is InChI=1S/C14H10ClF3N2OS/c15-10-2-1-9(14(16,17)18)7(5-19)12(10)13-8(6-21)11(22)3-4-20-13/h1-4,6H,5,19H2,(H,20,22). The predicted octanol–water partition coefficient (Wildman–Crippen LogP) is 4.35. The number of aromatic nitrogens is 1. The van der Waals surface area contributed by atoms with Crippen LogP contribution >= 0.6 is 23.8 Å². The number of alkyl halides is 3. The van der Waals surface area contributed by atoms with E-state index < -0.39 is 18.3 Å². The Labute approximate surface area is 133 Å². The number of pyridine rings is 1. The number of H-pyrrole nitrogens is 1. The first kappa shape index (κ1) is 16.7. The Kier molecular flexibility index (Phi) is 4.69. The van der Waals surface area contributed by atoms with Gasteiger partial charge in [-0.05, 0) is 23.8 Å². The van der Waals surface area contributed by atoms with Crippen molar-refractivity contribution in [2.75, 3.05) is 0 Å². The third-order valence-electron chi connectivity index (χ3n) is 3.14. The smallest absolute Gasteiger partial charge is 0.360 e. The van der Waals surface area contributed by atoms with Crippen molar-refractivity contribution < 1.29 is 18.0 Å². The van der Waals surface area contributed by atoms with Gasteiger partial charge >= 0.3 is 6.18 Å². The zero-order chi connectivity index (χ0) is 16.5. The molecule has 1 aromatic carbocycles. The first-order valence-electron chi connectivity index (χ1n) is 6.07. The van der Waals surface area contributed by atoms with E-state index in [9.17, 15) is 18.0 Å². The van der Waals surface area contributed by atoms with Crippen molar-refractivity contribution in [2.24, 2.45) is 5.73 Å². The average Bonchev–Trinajstić information content (AvgIpc) is 2.45. The summed E-state index contributed by atoms with van der Waals surface area (Å²) in [6, 6.07) is 3.45. The second-order valence-corrected chi connectivity index (χ2v) is 5.25. The lowest BCUT2D eigenvalue weighted by Crippen LogP contribution is -2.14. The quantitative estimate of drug-likeness (QED) is 0.641. The number of carbonyl (C=O) groups is 1. The maximum atomic E-state index is 13.1. The fourth-order valence-corrected chi connectivity index (χ4v) is 2.67. The number of benzene rings is 1. The zero-order valence-corrected chi connectivity index (χ0v) is 12.6. The van der Waals surface area contributed by atoms with Gasteiger partial charge in [-0.2, -0.15) is 13.2 Å². The minimum atomic E-state index is -4.58. The molecule has 116 valence electrons. The van der Waals surface area contributed by atoms with E-state index in [1.807, 2.05) is 0 Å². The summed E-state index contributed by atoms with van der Waals surface area (Å²) in [5, 5.41) is 0.0494. The van der Waals surface area contributed by atoms with Crippen molar-refractivity contribution in [3.63, 3.8) is 0 Å². The van der Waals surface area contributed by atoms with Gasteiger partial charge in [0, 0.05) is 18.3 Å². The topological polar surface area (TPSA) is 58.9 Å². The Morgan fingerprint density at radius 3 is 2.55 bits per heavy atom. The minimum absolute atomic E-state index is 0.0350. The molecule has 0 saturated heterocycles. The molecule has 0 atom stereocenters. The van der Waals surface area contributed by atoms with E-state index in [0.717, 1.165) is 12.1 Å². The molecular weight excluding hydrogens is 337 g/mol. The summed E-state index contributed by atoms with van der Waals surface area (Å²) in [6.07, 6.45) is -2.67. The highest BCUT2D eigenvalue weighted by molar-refractivity contribution is 7.71. The summed E-state index contributed by atoms with van der Waals surface area (Å²) in [6.45, 7) is -0.390. The van der Waals surface area contributed by atoms with Gasteiger partial charge in [0.05, 0.1) is 26.4 Å². The highest BCUT2D eigenvalue weighted by Crippen LogP contribution is 2.40. The second kappa shape index (κ2) is 6.20. The summed E-state index contributed by atoms with van der Waals surface area (Å²) in [4.78, 5) is 14.0. The fraction of sp³-hybridized carbons (Fsp3) is 0.143. The lowest BCUT2D eigenvalue weighted by Gasteiger charge is -2.18. The van der Waals surface area contributed by atoms with Crippen molar-refractivity contribution in [1.82, 2.24) is 4.98 Å². The third-order valence-corrected chi connectivity index (χ3v) is 3.81. The van der Waals surface area contributed by atoms with Gasteiger partial charge in [0.2, 0.25) is 0 Å². The van der Waals surface area contributed by atoms with Gasteiger partial charge in [-0.15, -0.1) is 0 Å². The Balaban J connectivity index is 2.90. The molecule has 0 aliphatic heterocycles. The number of aldehydes is 1. The SMILES string of the molecule is NCc1c(C(F)(F)F)ccc(Cl)c1-c1[nH]ccc(=S)c1C=O. The Morgan fingerprint density at radius 2 is 2.00 bits per heavy atom. The number of rotatable bonds is 3. The molecule has 22 heavy (non-hydrogen) atoms. The Morgan fingerprint density at radius 1 is 1.32 bits per heavy atom. The number of nitrogens with one attached hydrogen (secondary N) is 1. The molecule has 2 aromatic rings. The summed E-state index contributed by atoms with van der Waals surface area (Å²) in [5.74, 6) is 0. The first-order chi connectivity index (χ1) is 10.3. The van der Waals surface area contributed by atoms with Crippen molar-refractivity contribution in [2.45, 2.75) is 12.7 Å². The van der Waals surface area contributed by atoms with E-state index in [-0.39, 0.29) is 31.9 Å². The van der Waals surface area contributed by atoms with Crippen LogP contribution in [0, 0.1) is 4.51 Å². The van der Waals surface area contributed by atoms with Crippen LogP contribution in [0.5, 0.6) is 0 Å². The molecule has 0 saturated carbocycles. The van der Waals surface area contributed by atoms with Crippen LogP contribution in [0.3, 0.4) is 0 Å². The molecule has 3 nitrogen and oxygen atoms in total. The molecule has 1 heterocycles. The maximum Gasteiger partial charge on any atom is 0.416 e. The van der Waals surface area contributed by atoms with E-state index in [1.54, 1.807) is 0 Å². The number of carbonyl (C=O) groups excluding carboxylic acids is 1. The summed E-state index contributed by atoms with van der Waals surface area (Å²) in [5.41, 5.74) is 4.63. The molecule has 1 aromatic heterocycles. The zero-order valence-electron chi connectivity index (χ0n) is 11.0. The number of hydrogen-bond acceptors (Lipinski definition) is 3. The molecule has 3 N–H and O–H groups in total. The van der Waals surface area contributed by atoms with Crippen LogP contribution < -0.4 is 5.73 Å². The van der Waals surface area contributed by atoms with E-state index in [2.05, 4.69) is 4.98 Å². The summed E-state index contributed by atoms with van der Waals surface area (Å²) >= 11 is 11.1. The molecule has 0 radical (unpaired) electrons. The predicted molar refractivity (Wildman–Crippen MR) is 80.4 cm³/mol. The number of hydrogen-bond donors (Lipinski definition) is 2. The number of nitrogens with two attached hydrogens (primary N) is 1.